The smallest absolute Gasteiger partial charge is 0.407 e. The maximum absolute atomic E-state index is 12.7. The number of rotatable bonds is 3. The zero-order valence-corrected chi connectivity index (χ0v) is 9.60. The van der Waals surface area contributed by atoms with Crippen LogP contribution in [0.4, 0.5) is 9.18 Å². The third-order valence-electron chi connectivity index (χ3n) is 3.31. The van der Waals surface area contributed by atoms with Crippen LogP contribution in [-0.4, -0.2) is 29.2 Å². The average Bonchev–Trinajstić information content (AvgIpc) is 2.77. The van der Waals surface area contributed by atoms with Crippen LogP contribution in [0.5, 0.6) is 0 Å². The van der Waals surface area contributed by atoms with E-state index in [1.165, 1.54) is 17.0 Å². The Hall–Kier alpha value is -1.58. The van der Waals surface area contributed by atoms with Gasteiger partial charge in [-0.25, -0.2) is 9.18 Å². The summed E-state index contributed by atoms with van der Waals surface area (Å²) in [4.78, 5) is 12.2. The summed E-state index contributed by atoms with van der Waals surface area (Å²) in [5.41, 5.74) is 1.11. The van der Waals surface area contributed by atoms with E-state index in [0.29, 0.717) is 19.0 Å². The van der Waals surface area contributed by atoms with Crippen molar-refractivity contribution in [3.63, 3.8) is 0 Å². The predicted molar refractivity (Wildman–Crippen MR) is 62.4 cm³/mol. The van der Waals surface area contributed by atoms with E-state index in [1.807, 2.05) is 0 Å². The minimum Gasteiger partial charge on any atom is -0.465 e. The van der Waals surface area contributed by atoms with E-state index in [4.69, 9.17) is 5.11 Å². The van der Waals surface area contributed by atoms with Gasteiger partial charge in [-0.1, -0.05) is 12.1 Å². The lowest BCUT2D eigenvalue weighted by atomic mass is 9.99. The quantitative estimate of drug-likeness (QED) is 0.878. The molecule has 92 valence electrons. The third-order valence-corrected chi connectivity index (χ3v) is 3.31. The lowest BCUT2D eigenvalue weighted by Gasteiger charge is -2.12. The molecular formula is C13H16FNO2. The standard InChI is InChI=1S/C13H16FNO2/c14-12-5-3-10(4-6-12)1-2-11-7-8-15(9-11)13(16)17/h3-6,11H,1-2,7-9H2,(H,16,17). The summed E-state index contributed by atoms with van der Waals surface area (Å²) in [6.45, 7) is 1.28. The van der Waals surface area contributed by atoms with E-state index in [0.717, 1.165) is 24.8 Å². The Balaban J connectivity index is 1.80. The van der Waals surface area contributed by atoms with Gasteiger partial charge in [0.1, 0.15) is 5.82 Å². The summed E-state index contributed by atoms with van der Waals surface area (Å²) in [6.07, 6.45) is 1.97. The lowest BCUT2D eigenvalue weighted by Crippen LogP contribution is -2.26. The van der Waals surface area contributed by atoms with Crippen molar-refractivity contribution < 1.29 is 14.3 Å². The molecule has 1 atom stereocenters. The van der Waals surface area contributed by atoms with Crippen LogP contribution in [-0.2, 0) is 6.42 Å². The van der Waals surface area contributed by atoms with Gasteiger partial charge in [-0.05, 0) is 42.9 Å². The highest BCUT2D eigenvalue weighted by Gasteiger charge is 2.25. The van der Waals surface area contributed by atoms with Gasteiger partial charge in [0.15, 0.2) is 0 Å². The number of likely N-dealkylation sites (tertiary alicyclic amines) is 1. The first-order chi connectivity index (χ1) is 8.15. The van der Waals surface area contributed by atoms with E-state index >= 15 is 0 Å². The Bertz CT molecular complexity index is 391. The van der Waals surface area contributed by atoms with Crippen molar-refractivity contribution >= 4 is 6.09 Å². The van der Waals surface area contributed by atoms with Crippen LogP contribution in [0.2, 0.25) is 0 Å². The van der Waals surface area contributed by atoms with E-state index in [2.05, 4.69) is 0 Å². The highest BCUT2D eigenvalue weighted by Crippen LogP contribution is 2.21. The Kier molecular flexibility index (Phi) is 3.61. The minimum absolute atomic E-state index is 0.216. The van der Waals surface area contributed by atoms with E-state index in [-0.39, 0.29) is 5.82 Å². The number of carboxylic acid groups (broad SMARTS) is 1. The normalized spacial score (nSPS) is 19.6. The fourth-order valence-electron chi connectivity index (χ4n) is 2.26. The molecule has 0 bridgehead atoms. The van der Waals surface area contributed by atoms with Crippen LogP contribution < -0.4 is 0 Å². The molecule has 1 fully saturated rings. The maximum Gasteiger partial charge on any atom is 0.407 e. The molecule has 1 saturated heterocycles. The topological polar surface area (TPSA) is 40.5 Å². The number of hydrogen-bond acceptors (Lipinski definition) is 1. The summed E-state index contributed by atoms with van der Waals surface area (Å²) >= 11 is 0. The number of aryl methyl sites for hydroxylation is 1. The van der Waals surface area contributed by atoms with Crippen LogP contribution in [0.3, 0.4) is 0 Å². The van der Waals surface area contributed by atoms with Gasteiger partial charge >= 0.3 is 6.09 Å². The molecule has 1 heterocycles. The second kappa shape index (κ2) is 5.17. The fourth-order valence-corrected chi connectivity index (χ4v) is 2.26. The molecule has 1 amide bonds. The van der Waals surface area contributed by atoms with Gasteiger partial charge < -0.3 is 10.0 Å². The lowest BCUT2D eigenvalue weighted by molar-refractivity contribution is 0.154. The second-order valence-electron chi connectivity index (χ2n) is 4.55. The molecule has 1 aromatic carbocycles. The highest BCUT2D eigenvalue weighted by molar-refractivity contribution is 5.65. The average molecular weight is 237 g/mol. The third kappa shape index (κ3) is 3.19. The van der Waals surface area contributed by atoms with Crippen molar-refractivity contribution in [2.24, 2.45) is 5.92 Å². The van der Waals surface area contributed by atoms with Gasteiger partial charge in [0.2, 0.25) is 0 Å². The molecule has 0 radical (unpaired) electrons. The summed E-state index contributed by atoms with van der Waals surface area (Å²) in [5.74, 6) is 0.225. The first-order valence-electron chi connectivity index (χ1n) is 5.87. The van der Waals surface area contributed by atoms with Gasteiger partial charge in [0, 0.05) is 13.1 Å². The number of halogens is 1. The predicted octanol–water partition coefficient (Wildman–Crippen LogP) is 2.76. The summed E-state index contributed by atoms with van der Waals surface area (Å²) in [5, 5.41) is 8.83. The van der Waals surface area contributed by atoms with Crippen LogP contribution in [0.1, 0.15) is 18.4 Å². The molecule has 0 saturated carbocycles. The molecule has 1 N–H and O–H groups in total. The number of benzene rings is 1. The molecule has 4 heteroatoms. The Morgan fingerprint density at radius 1 is 1.41 bits per heavy atom. The van der Waals surface area contributed by atoms with E-state index < -0.39 is 6.09 Å². The number of carbonyl (C=O) groups is 1. The first-order valence-corrected chi connectivity index (χ1v) is 5.87. The zero-order chi connectivity index (χ0) is 12.3. The van der Waals surface area contributed by atoms with Gasteiger partial charge in [-0.3, -0.25) is 0 Å². The van der Waals surface area contributed by atoms with E-state index in [1.54, 1.807) is 12.1 Å². The van der Waals surface area contributed by atoms with Crippen LogP contribution in [0, 0.1) is 11.7 Å². The van der Waals surface area contributed by atoms with Crippen molar-refractivity contribution in [1.29, 1.82) is 0 Å². The zero-order valence-electron chi connectivity index (χ0n) is 9.60. The molecule has 17 heavy (non-hydrogen) atoms. The fraction of sp³-hybridized carbons (Fsp3) is 0.462. The SMILES string of the molecule is O=C(O)N1CCC(CCc2ccc(F)cc2)C1. The molecule has 2 rings (SSSR count). The number of amides is 1. The summed E-state index contributed by atoms with van der Waals surface area (Å²) in [6, 6.07) is 6.51. The van der Waals surface area contributed by atoms with Crippen LogP contribution in [0.25, 0.3) is 0 Å². The van der Waals surface area contributed by atoms with E-state index in [9.17, 15) is 9.18 Å². The van der Waals surface area contributed by atoms with Gasteiger partial charge in [-0.15, -0.1) is 0 Å². The maximum atomic E-state index is 12.7. The molecule has 3 nitrogen and oxygen atoms in total. The molecule has 1 aliphatic heterocycles. The Morgan fingerprint density at radius 2 is 2.12 bits per heavy atom. The first kappa shape index (κ1) is 11.9. The van der Waals surface area contributed by atoms with Crippen LogP contribution >= 0.6 is 0 Å². The Labute approximate surface area is 99.9 Å². The number of nitrogens with zero attached hydrogens (tertiary/aromatic N) is 1. The van der Waals surface area contributed by atoms with Crippen molar-refractivity contribution in [2.45, 2.75) is 19.3 Å². The largest absolute Gasteiger partial charge is 0.465 e. The molecule has 1 unspecified atom stereocenters. The molecular weight excluding hydrogens is 221 g/mol. The van der Waals surface area contributed by atoms with Crippen molar-refractivity contribution in [3.05, 3.63) is 35.6 Å². The summed E-state index contributed by atoms with van der Waals surface area (Å²) in [7, 11) is 0. The second-order valence-corrected chi connectivity index (χ2v) is 4.55. The molecule has 1 aliphatic rings. The van der Waals surface area contributed by atoms with Crippen molar-refractivity contribution in [3.8, 4) is 0 Å². The van der Waals surface area contributed by atoms with Crippen molar-refractivity contribution in [2.75, 3.05) is 13.1 Å². The van der Waals surface area contributed by atoms with Crippen molar-refractivity contribution in [1.82, 2.24) is 4.90 Å². The molecule has 0 spiro atoms. The highest BCUT2D eigenvalue weighted by atomic mass is 19.1. The molecule has 0 aliphatic carbocycles. The summed E-state index contributed by atoms with van der Waals surface area (Å²) < 4.78 is 12.7. The van der Waals surface area contributed by atoms with Crippen LogP contribution in [0.15, 0.2) is 24.3 Å². The monoisotopic (exact) mass is 237 g/mol. The van der Waals surface area contributed by atoms with Gasteiger partial charge in [-0.2, -0.15) is 0 Å². The molecule has 1 aromatic rings. The number of hydrogen-bond donors (Lipinski definition) is 1. The van der Waals surface area contributed by atoms with Gasteiger partial charge in [0.25, 0.3) is 0 Å². The minimum atomic E-state index is -0.825. The Morgan fingerprint density at radius 3 is 2.71 bits per heavy atom. The van der Waals surface area contributed by atoms with Gasteiger partial charge in [0.05, 0.1) is 0 Å². The molecule has 0 aromatic heterocycles.